The van der Waals surface area contributed by atoms with E-state index in [0.29, 0.717) is 0 Å². The van der Waals surface area contributed by atoms with Crippen LogP contribution in [0.2, 0.25) is 0 Å². The minimum atomic E-state index is -4.23. The molecule has 0 aromatic rings. The summed E-state index contributed by atoms with van der Waals surface area (Å²) in [6.07, 6.45) is 3.02. The lowest BCUT2D eigenvalue weighted by Gasteiger charge is -2.21. The summed E-state index contributed by atoms with van der Waals surface area (Å²) in [7, 11) is 0. The van der Waals surface area contributed by atoms with Crippen molar-refractivity contribution in [2.75, 3.05) is 0 Å². The van der Waals surface area contributed by atoms with Crippen LogP contribution >= 0.6 is 11.6 Å². The number of halogens is 4. The van der Waals surface area contributed by atoms with Gasteiger partial charge in [0, 0.05) is 10.6 Å². The average molecular weight is 251 g/mol. The fourth-order valence-corrected chi connectivity index (χ4v) is 2.39. The highest BCUT2D eigenvalue weighted by molar-refractivity contribution is 6.31. The van der Waals surface area contributed by atoms with Gasteiger partial charge in [-0.1, -0.05) is 30.5 Å². The van der Waals surface area contributed by atoms with Crippen LogP contribution in [0.4, 0.5) is 13.2 Å². The zero-order chi connectivity index (χ0) is 11.8. The van der Waals surface area contributed by atoms with Crippen LogP contribution < -0.4 is 0 Å². The van der Waals surface area contributed by atoms with E-state index in [4.69, 9.17) is 11.6 Å². The van der Waals surface area contributed by atoms with Crippen molar-refractivity contribution >= 4 is 11.6 Å². The van der Waals surface area contributed by atoms with E-state index >= 15 is 0 Å². The molecule has 2 rings (SSSR count). The van der Waals surface area contributed by atoms with Crippen molar-refractivity contribution in [1.29, 1.82) is 0 Å². The molecule has 0 nitrogen and oxygen atoms in total. The Morgan fingerprint density at radius 1 is 1.25 bits per heavy atom. The van der Waals surface area contributed by atoms with E-state index in [0.717, 1.165) is 24.8 Å². The highest BCUT2D eigenvalue weighted by atomic mass is 35.5. The van der Waals surface area contributed by atoms with E-state index < -0.39 is 11.7 Å². The highest BCUT2D eigenvalue weighted by Gasteiger charge is 2.36. The average Bonchev–Trinajstić information content (AvgIpc) is 2.96. The monoisotopic (exact) mass is 250 g/mol. The number of hydrogen-bond donors (Lipinski definition) is 0. The lowest BCUT2D eigenvalue weighted by atomic mass is 9.89. The molecule has 1 unspecified atom stereocenters. The van der Waals surface area contributed by atoms with Crippen LogP contribution in [0.1, 0.15) is 32.1 Å². The van der Waals surface area contributed by atoms with E-state index in [9.17, 15) is 13.2 Å². The van der Waals surface area contributed by atoms with E-state index in [1.54, 1.807) is 6.08 Å². The van der Waals surface area contributed by atoms with Crippen molar-refractivity contribution in [3.8, 4) is 0 Å². The number of rotatable bonds is 3. The minimum absolute atomic E-state index is 0.0327. The summed E-state index contributed by atoms with van der Waals surface area (Å²) in [6.45, 7) is 0. The molecule has 0 aromatic carbocycles. The molecule has 0 radical (unpaired) electrons. The molecule has 0 saturated heterocycles. The van der Waals surface area contributed by atoms with Crippen LogP contribution in [-0.2, 0) is 0 Å². The Bertz CT molecular complexity index is 324. The highest BCUT2D eigenvalue weighted by Crippen LogP contribution is 2.40. The summed E-state index contributed by atoms with van der Waals surface area (Å²) in [5.41, 5.74) is -0.485. The fourth-order valence-electron chi connectivity index (χ4n) is 2.08. The first-order valence-corrected chi connectivity index (χ1v) is 5.98. The first-order valence-electron chi connectivity index (χ1n) is 5.60. The van der Waals surface area contributed by atoms with Crippen molar-refractivity contribution in [3.05, 3.63) is 22.8 Å². The lowest BCUT2D eigenvalue weighted by molar-refractivity contribution is -0.0952. The van der Waals surface area contributed by atoms with Crippen molar-refractivity contribution in [3.63, 3.8) is 0 Å². The Balaban J connectivity index is 1.95. The lowest BCUT2D eigenvalue weighted by Crippen LogP contribution is -2.17. The Hall–Kier alpha value is -0.440. The van der Waals surface area contributed by atoms with Gasteiger partial charge in [0.25, 0.3) is 0 Å². The van der Waals surface area contributed by atoms with Crippen LogP contribution in [-0.4, -0.2) is 6.18 Å². The summed E-state index contributed by atoms with van der Waals surface area (Å²) in [4.78, 5) is 0. The predicted molar refractivity (Wildman–Crippen MR) is 58.1 cm³/mol. The molecule has 2 aliphatic carbocycles. The molecule has 16 heavy (non-hydrogen) atoms. The van der Waals surface area contributed by atoms with E-state index in [2.05, 4.69) is 0 Å². The zero-order valence-electron chi connectivity index (χ0n) is 8.86. The van der Waals surface area contributed by atoms with Crippen LogP contribution in [0.15, 0.2) is 22.8 Å². The third-order valence-corrected chi connectivity index (χ3v) is 3.43. The van der Waals surface area contributed by atoms with Gasteiger partial charge in [0.1, 0.15) is 0 Å². The molecule has 1 saturated carbocycles. The second kappa shape index (κ2) is 4.44. The van der Waals surface area contributed by atoms with Crippen molar-refractivity contribution in [2.24, 2.45) is 11.8 Å². The number of allylic oxidation sites excluding steroid dienone is 4. The molecule has 0 aromatic heterocycles. The van der Waals surface area contributed by atoms with E-state index in [-0.39, 0.29) is 17.4 Å². The maximum absolute atomic E-state index is 12.5. The summed E-state index contributed by atoms with van der Waals surface area (Å²) in [6, 6.07) is 0. The van der Waals surface area contributed by atoms with Crippen LogP contribution in [0.3, 0.4) is 0 Å². The second-order valence-electron chi connectivity index (χ2n) is 4.70. The Morgan fingerprint density at radius 2 is 1.94 bits per heavy atom. The van der Waals surface area contributed by atoms with Gasteiger partial charge < -0.3 is 0 Å². The van der Waals surface area contributed by atoms with Gasteiger partial charge in [-0.15, -0.1) is 0 Å². The van der Waals surface area contributed by atoms with Gasteiger partial charge in [-0.2, -0.15) is 13.2 Å². The smallest absolute Gasteiger partial charge is 0.166 e. The van der Waals surface area contributed by atoms with Crippen LogP contribution in [0.25, 0.3) is 0 Å². The fraction of sp³-hybridized carbons (Fsp3) is 0.667. The maximum atomic E-state index is 12.5. The molecule has 0 amide bonds. The molecule has 0 bridgehead atoms. The maximum Gasteiger partial charge on any atom is 0.412 e. The summed E-state index contributed by atoms with van der Waals surface area (Å²) >= 11 is 5.73. The molecule has 1 fully saturated rings. The SMILES string of the molecule is FC(F)(F)C1=CC(Cl)=CC(CCC2CC2)C1. The van der Waals surface area contributed by atoms with Gasteiger partial charge in [0.2, 0.25) is 0 Å². The third-order valence-electron chi connectivity index (χ3n) is 3.20. The van der Waals surface area contributed by atoms with Crippen LogP contribution in [0.5, 0.6) is 0 Å². The molecule has 1 atom stereocenters. The van der Waals surface area contributed by atoms with Gasteiger partial charge in [-0.25, -0.2) is 0 Å². The molecule has 0 aliphatic heterocycles. The largest absolute Gasteiger partial charge is 0.412 e. The summed E-state index contributed by atoms with van der Waals surface area (Å²) in [5, 5.41) is 0.236. The Labute approximate surface area is 98.2 Å². The third kappa shape index (κ3) is 3.27. The van der Waals surface area contributed by atoms with Crippen molar-refractivity contribution in [2.45, 2.75) is 38.3 Å². The van der Waals surface area contributed by atoms with Crippen LogP contribution in [0, 0.1) is 11.8 Å². The van der Waals surface area contributed by atoms with Gasteiger partial charge in [-0.05, 0) is 37.2 Å². The number of alkyl halides is 3. The molecule has 0 N–H and O–H groups in total. The summed E-state index contributed by atoms with van der Waals surface area (Å²) < 4.78 is 37.6. The second-order valence-corrected chi connectivity index (χ2v) is 5.14. The number of hydrogen-bond acceptors (Lipinski definition) is 0. The van der Waals surface area contributed by atoms with Gasteiger partial charge in [-0.3, -0.25) is 0 Å². The molecule has 2 aliphatic rings. The van der Waals surface area contributed by atoms with E-state index in [1.807, 2.05) is 0 Å². The first kappa shape index (κ1) is 12.0. The van der Waals surface area contributed by atoms with E-state index in [1.165, 1.54) is 12.8 Å². The van der Waals surface area contributed by atoms with Crippen molar-refractivity contribution < 1.29 is 13.2 Å². The first-order chi connectivity index (χ1) is 7.45. The molecular formula is C12H14ClF3. The Kier molecular flexibility index (Phi) is 3.34. The quantitative estimate of drug-likeness (QED) is 0.674. The standard InChI is InChI=1S/C12H14ClF3/c13-11-6-9(4-3-8-1-2-8)5-10(7-11)12(14,15)16/h6-9H,1-5H2. The molecular weight excluding hydrogens is 237 g/mol. The van der Waals surface area contributed by atoms with Gasteiger partial charge in [0.15, 0.2) is 0 Å². The summed E-state index contributed by atoms with van der Waals surface area (Å²) in [5.74, 6) is 0.724. The zero-order valence-corrected chi connectivity index (χ0v) is 9.61. The molecule has 0 heterocycles. The topological polar surface area (TPSA) is 0 Å². The normalized spacial score (nSPS) is 26.4. The van der Waals surface area contributed by atoms with Gasteiger partial charge in [0.05, 0.1) is 0 Å². The van der Waals surface area contributed by atoms with Gasteiger partial charge >= 0.3 is 6.18 Å². The molecule has 4 heteroatoms. The van der Waals surface area contributed by atoms with Crippen molar-refractivity contribution in [1.82, 2.24) is 0 Å². The predicted octanol–water partition coefficient (Wildman–Crippen LogP) is 4.81. The Morgan fingerprint density at radius 3 is 2.50 bits per heavy atom. The minimum Gasteiger partial charge on any atom is -0.166 e. The molecule has 0 spiro atoms. The molecule has 90 valence electrons.